The van der Waals surface area contributed by atoms with E-state index in [1.165, 1.54) is 17.7 Å². The fraction of sp³-hybridized carbons (Fsp3) is 0.409. The molecule has 1 N–H and O–H groups in total. The molecule has 1 fully saturated rings. The van der Waals surface area contributed by atoms with Crippen LogP contribution >= 0.6 is 0 Å². The zero-order valence-electron chi connectivity index (χ0n) is 16.1. The van der Waals surface area contributed by atoms with Gasteiger partial charge in [0.1, 0.15) is 5.82 Å². The van der Waals surface area contributed by atoms with Gasteiger partial charge in [-0.15, -0.1) is 0 Å². The van der Waals surface area contributed by atoms with Gasteiger partial charge in [0, 0.05) is 45.3 Å². The van der Waals surface area contributed by atoms with Crippen molar-refractivity contribution in [1.29, 1.82) is 0 Å². The zero-order chi connectivity index (χ0) is 19.2. The van der Waals surface area contributed by atoms with Gasteiger partial charge in [0.25, 0.3) is 0 Å². The molecule has 1 atom stereocenters. The number of anilines is 1. The number of benzene rings is 2. The van der Waals surface area contributed by atoms with E-state index in [-0.39, 0.29) is 17.8 Å². The quantitative estimate of drug-likeness (QED) is 0.843. The lowest BCUT2D eigenvalue weighted by molar-refractivity contribution is -0.119. The zero-order valence-corrected chi connectivity index (χ0v) is 16.1. The van der Waals surface area contributed by atoms with E-state index in [0.717, 1.165) is 50.4 Å². The van der Waals surface area contributed by atoms with E-state index in [9.17, 15) is 9.18 Å². The molecule has 1 saturated heterocycles. The van der Waals surface area contributed by atoms with Crippen molar-refractivity contribution < 1.29 is 9.18 Å². The number of nitrogens with zero attached hydrogens (tertiary/aromatic N) is 2. The van der Waals surface area contributed by atoms with Crippen LogP contribution < -0.4 is 10.2 Å². The van der Waals surface area contributed by atoms with Gasteiger partial charge >= 0.3 is 0 Å². The summed E-state index contributed by atoms with van der Waals surface area (Å²) in [4.78, 5) is 16.1. The van der Waals surface area contributed by atoms with Crippen molar-refractivity contribution in [1.82, 2.24) is 10.2 Å². The number of hydrogen-bond acceptors (Lipinski definition) is 3. The molecule has 1 aliphatic rings. The number of hydrogen-bond donors (Lipinski definition) is 1. The summed E-state index contributed by atoms with van der Waals surface area (Å²) in [5.41, 5.74) is 3.52. The predicted octanol–water partition coefficient (Wildman–Crippen LogP) is 3.74. The van der Waals surface area contributed by atoms with Gasteiger partial charge in [-0.25, -0.2) is 4.39 Å². The minimum atomic E-state index is -0.190. The molecule has 0 aliphatic carbocycles. The van der Waals surface area contributed by atoms with Crippen molar-refractivity contribution in [2.75, 3.05) is 31.1 Å². The van der Waals surface area contributed by atoms with Gasteiger partial charge < -0.3 is 10.2 Å². The molecule has 0 radical (unpaired) electrons. The molecule has 2 aromatic carbocycles. The third-order valence-corrected chi connectivity index (χ3v) is 5.14. The van der Waals surface area contributed by atoms with E-state index >= 15 is 0 Å². The molecule has 0 spiro atoms. The van der Waals surface area contributed by atoms with Crippen molar-refractivity contribution in [2.45, 2.75) is 32.9 Å². The van der Waals surface area contributed by atoms with Gasteiger partial charge in [-0.05, 0) is 41.8 Å². The Morgan fingerprint density at radius 2 is 1.67 bits per heavy atom. The molecular weight excluding hydrogens is 341 g/mol. The Labute approximate surface area is 161 Å². The molecule has 1 unspecified atom stereocenters. The maximum Gasteiger partial charge on any atom is 0.217 e. The summed E-state index contributed by atoms with van der Waals surface area (Å²) >= 11 is 0. The Hall–Kier alpha value is -2.40. The SMILES string of the molecule is CCC(NC(C)=O)c1ccc(CN2CCN(c3ccc(F)cc3)CC2)cc1. The number of carbonyl (C=O) groups excluding carboxylic acids is 1. The van der Waals surface area contributed by atoms with E-state index in [1.807, 2.05) is 12.1 Å². The van der Waals surface area contributed by atoms with Crippen LogP contribution in [0, 0.1) is 5.82 Å². The maximum absolute atomic E-state index is 13.1. The first-order chi connectivity index (χ1) is 13.0. The summed E-state index contributed by atoms with van der Waals surface area (Å²) < 4.78 is 13.1. The molecule has 2 aromatic rings. The highest BCUT2D eigenvalue weighted by Gasteiger charge is 2.17. The van der Waals surface area contributed by atoms with Gasteiger partial charge in [0.05, 0.1) is 6.04 Å². The second kappa shape index (κ2) is 9.00. The van der Waals surface area contributed by atoms with E-state index in [1.54, 1.807) is 6.92 Å². The topological polar surface area (TPSA) is 35.6 Å². The lowest BCUT2D eigenvalue weighted by Gasteiger charge is -2.36. The highest BCUT2D eigenvalue weighted by Crippen LogP contribution is 2.20. The lowest BCUT2D eigenvalue weighted by atomic mass is 10.0. The lowest BCUT2D eigenvalue weighted by Crippen LogP contribution is -2.45. The van der Waals surface area contributed by atoms with E-state index < -0.39 is 0 Å². The summed E-state index contributed by atoms with van der Waals surface area (Å²) in [5.74, 6) is -0.186. The monoisotopic (exact) mass is 369 g/mol. The maximum atomic E-state index is 13.1. The van der Waals surface area contributed by atoms with Crippen LogP contribution in [0.25, 0.3) is 0 Å². The van der Waals surface area contributed by atoms with Crippen molar-refractivity contribution >= 4 is 11.6 Å². The molecule has 1 heterocycles. The molecule has 1 amide bonds. The van der Waals surface area contributed by atoms with Crippen molar-refractivity contribution in [2.24, 2.45) is 0 Å². The molecule has 3 rings (SSSR count). The summed E-state index contributed by atoms with van der Waals surface area (Å²) in [5, 5.41) is 2.99. The highest BCUT2D eigenvalue weighted by atomic mass is 19.1. The highest BCUT2D eigenvalue weighted by molar-refractivity contribution is 5.73. The van der Waals surface area contributed by atoms with Gasteiger partial charge in [0.15, 0.2) is 0 Å². The fourth-order valence-corrected chi connectivity index (χ4v) is 3.60. The number of nitrogens with one attached hydrogen (secondary N) is 1. The van der Waals surface area contributed by atoms with Crippen molar-refractivity contribution in [3.05, 3.63) is 65.5 Å². The van der Waals surface area contributed by atoms with Gasteiger partial charge in [0.2, 0.25) is 5.91 Å². The van der Waals surface area contributed by atoms with Crippen LogP contribution in [-0.2, 0) is 11.3 Å². The van der Waals surface area contributed by atoms with Crippen LogP contribution in [0.4, 0.5) is 10.1 Å². The Kier molecular flexibility index (Phi) is 6.45. The Balaban J connectivity index is 1.53. The second-order valence-electron chi connectivity index (χ2n) is 7.14. The first kappa shape index (κ1) is 19.4. The molecule has 4 nitrogen and oxygen atoms in total. The number of rotatable bonds is 6. The second-order valence-corrected chi connectivity index (χ2v) is 7.14. The number of carbonyl (C=O) groups is 1. The average molecular weight is 369 g/mol. The summed E-state index contributed by atoms with van der Waals surface area (Å²) in [6.45, 7) is 8.44. The standard InChI is InChI=1S/C22H28FN3O/c1-3-22(24-17(2)27)19-6-4-18(5-7-19)16-25-12-14-26(15-13-25)21-10-8-20(23)9-11-21/h4-11,22H,3,12-16H2,1-2H3,(H,24,27). The number of amides is 1. The van der Waals surface area contributed by atoms with E-state index in [4.69, 9.17) is 0 Å². The molecule has 144 valence electrons. The van der Waals surface area contributed by atoms with E-state index in [0.29, 0.717) is 0 Å². The number of piperazine rings is 1. The van der Waals surface area contributed by atoms with Crippen LogP contribution in [0.2, 0.25) is 0 Å². The average Bonchev–Trinajstić information content (AvgIpc) is 2.68. The first-order valence-corrected chi connectivity index (χ1v) is 9.64. The Morgan fingerprint density at radius 3 is 2.22 bits per heavy atom. The largest absolute Gasteiger partial charge is 0.369 e. The minimum absolute atomic E-state index is 0.00459. The van der Waals surface area contributed by atoms with Crippen LogP contribution in [0.5, 0.6) is 0 Å². The van der Waals surface area contributed by atoms with Gasteiger partial charge in [-0.2, -0.15) is 0 Å². The Morgan fingerprint density at radius 1 is 1.04 bits per heavy atom. The van der Waals surface area contributed by atoms with Gasteiger partial charge in [-0.3, -0.25) is 9.69 Å². The third-order valence-electron chi connectivity index (χ3n) is 5.14. The predicted molar refractivity (Wildman–Crippen MR) is 107 cm³/mol. The molecule has 0 saturated carbocycles. The molecule has 1 aliphatic heterocycles. The van der Waals surface area contributed by atoms with Crippen molar-refractivity contribution in [3.8, 4) is 0 Å². The summed E-state index contributed by atoms with van der Waals surface area (Å²) in [6.07, 6.45) is 0.879. The number of halogens is 1. The van der Waals surface area contributed by atoms with Crippen molar-refractivity contribution in [3.63, 3.8) is 0 Å². The summed E-state index contributed by atoms with van der Waals surface area (Å²) in [7, 11) is 0. The molecule has 27 heavy (non-hydrogen) atoms. The van der Waals surface area contributed by atoms with E-state index in [2.05, 4.69) is 46.3 Å². The minimum Gasteiger partial charge on any atom is -0.369 e. The molecular formula is C22H28FN3O. The normalized spacial score (nSPS) is 16.2. The van der Waals surface area contributed by atoms with Crippen LogP contribution in [-0.4, -0.2) is 37.0 Å². The first-order valence-electron chi connectivity index (χ1n) is 9.64. The van der Waals surface area contributed by atoms with Crippen LogP contribution in [0.3, 0.4) is 0 Å². The fourth-order valence-electron chi connectivity index (χ4n) is 3.60. The molecule has 5 heteroatoms. The van der Waals surface area contributed by atoms with Crippen LogP contribution in [0.15, 0.2) is 48.5 Å². The Bertz CT molecular complexity index is 737. The molecule has 0 bridgehead atoms. The smallest absolute Gasteiger partial charge is 0.217 e. The van der Waals surface area contributed by atoms with Crippen LogP contribution in [0.1, 0.15) is 37.4 Å². The molecule has 0 aromatic heterocycles. The summed E-state index contributed by atoms with van der Waals surface area (Å²) in [6, 6.07) is 15.4. The van der Waals surface area contributed by atoms with Gasteiger partial charge in [-0.1, -0.05) is 31.2 Å². The third kappa shape index (κ3) is 5.30.